The highest BCUT2D eigenvalue weighted by molar-refractivity contribution is 7.92. The molecule has 9 heteroatoms. The van der Waals surface area contributed by atoms with Crippen LogP contribution in [0.5, 0.6) is 0 Å². The summed E-state index contributed by atoms with van der Waals surface area (Å²) in [5, 5.41) is 4.99. The number of carbonyl (C=O) groups excluding carboxylic acids is 1. The highest BCUT2D eigenvalue weighted by Gasteiger charge is 2.18. The number of nitrogens with one attached hydrogen (secondary N) is 2. The number of carbonyl (C=O) groups is 1. The lowest BCUT2D eigenvalue weighted by atomic mass is 10.0. The molecule has 0 unspecified atom stereocenters. The van der Waals surface area contributed by atoms with Crippen LogP contribution >= 0.6 is 22.9 Å². The second kappa shape index (κ2) is 7.90. The third-order valence-corrected chi connectivity index (χ3v) is 5.87. The molecule has 0 aliphatic heterocycles. The summed E-state index contributed by atoms with van der Waals surface area (Å²) >= 11 is 7.38. The molecule has 2 aromatic heterocycles. The number of pyridine rings is 1. The predicted octanol–water partition coefficient (Wildman–Crippen LogP) is 4.70. The van der Waals surface area contributed by atoms with Crippen molar-refractivity contribution in [3.05, 3.63) is 62.9 Å². The Labute approximate surface area is 172 Å². The van der Waals surface area contributed by atoms with Crippen LogP contribution in [-0.2, 0) is 10.0 Å². The monoisotopic (exact) mass is 435 g/mol. The van der Waals surface area contributed by atoms with Crippen molar-refractivity contribution in [2.45, 2.75) is 13.8 Å². The Morgan fingerprint density at radius 3 is 2.57 bits per heavy atom. The summed E-state index contributed by atoms with van der Waals surface area (Å²) < 4.78 is 25.2. The number of halogens is 1. The zero-order valence-electron chi connectivity index (χ0n) is 15.4. The SMILES string of the molecule is Cc1cccnc1-c1csc(C(=O)Nc2cc(Cl)cc(NS(C)(=O)=O)c2)c1C. The second-order valence-corrected chi connectivity index (χ2v) is 9.39. The molecule has 28 heavy (non-hydrogen) atoms. The molecule has 1 aromatic carbocycles. The van der Waals surface area contributed by atoms with Crippen LogP contribution < -0.4 is 10.0 Å². The Hall–Kier alpha value is -2.42. The van der Waals surface area contributed by atoms with Crippen LogP contribution in [0.3, 0.4) is 0 Å². The van der Waals surface area contributed by atoms with Crippen LogP contribution in [0.15, 0.2) is 41.9 Å². The quantitative estimate of drug-likeness (QED) is 0.607. The zero-order chi connectivity index (χ0) is 20.5. The first kappa shape index (κ1) is 20.3. The third kappa shape index (κ3) is 4.70. The van der Waals surface area contributed by atoms with E-state index in [4.69, 9.17) is 11.6 Å². The number of aryl methyl sites for hydroxylation is 1. The van der Waals surface area contributed by atoms with E-state index < -0.39 is 10.0 Å². The summed E-state index contributed by atoms with van der Waals surface area (Å²) in [6.07, 6.45) is 2.77. The molecule has 2 heterocycles. The van der Waals surface area contributed by atoms with Gasteiger partial charge in [-0.1, -0.05) is 17.7 Å². The van der Waals surface area contributed by atoms with Crippen LogP contribution in [-0.4, -0.2) is 25.6 Å². The molecular weight excluding hydrogens is 418 g/mol. The fraction of sp³-hybridized carbons (Fsp3) is 0.158. The molecule has 0 bridgehead atoms. The van der Waals surface area contributed by atoms with Crippen molar-refractivity contribution >= 4 is 50.2 Å². The van der Waals surface area contributed by atoms with Gasteiger partial charge >= 0.3 is 0 Å². The van der Waals surface area contributed by atoms with Gasteiger partial charge in [-0.05, 0) is 49.2 Å². The summed E-state index contributed by atoms with van der Waals surface area (Å²) in [7, 11) is -3.46. The third-order valence-electron chi connectivity index (χ3n) is 3.97. The molecule has 0 radical (unpaired) electrons. The van der Waals surface area contributed by atoms with Crippen molar-refractivity contribution < 1.29 is 13.2 Å². The number of aromatic nitrogens is 1. The van der Waals surface area contributed by atoms with Gasteiger partial charge in [0.25, 0.3) is 5.91 Å². The van der Waals surface area contributed by atoms with E-state index in [9.17, 15) is 13.2 Å². The van der Waals surface area contributed by atoms with Crippen molar-refractivity contribution in [1.29, 1.82) is 0 Å². The van der Waals surface area contributed by atoms with E-state index in [0.29, 0.717) is 15.6 Å². The van der Waals surface area contributed by atoms with E-state index >= 15 is 0 Å². The highest BCUT2D eigenvalue weighted by atomic mass is 35.5. The molecule has 0 spiro atoms. The first-order valence-corrected chi connectivity index (χ1v) is 11.4. The lowest BCUT2D eigenvalue weighted by Crippen LogP contribution is -2.13. The maximum atomic E-state index is 12.8. The van der Waals surface area contributed by atoms with Crippen molar-refractivity contribution in [2.75, 3.05) is 16.3 Å². The van der Waals surface area contributed by atoms with Crippen molar-refractivity contribution in [2.24, 2.45) is 0 Å². The number of anilines is 2. The molecule has 0 aliphatic rings. The normalized spacial score (nSPS) is 11.3. The minimum absolute atomic E-state index is 0.276. The molecule has 3 aromatic rings. The van der Waals surface area contributed by atoms with Crippen molar-refractivity contribution in [3.8, 4) is 11.3 Å². The van der Waals surface area contributed by atoms with Gasteiger partial charge in [-0.2, -0.15) is 0 Å². The average Bonchev–Trinajstić information content (AvgIpc) is 2.94. The summed E-state index contributed by atoms with van der Waals surface area (Å²) in [4.78, 5) is 17.7. The first-order chi connectivity index (χ1) is 13.1. The van der Waals surface area contributed by atoms with Crippen LogP contribution in [0.1, 0.15) is 20.8 Å². The van der Waals surface area contributed by atoms with E-state index in [-0.39, 0.29) is 11.6 Å². The standard InChI is InChI=1S/C19H18ClN3O3S2/c1-11-5-4-6-21-17(11)16-10-27-18(12(16)2)19(24)22-14-7-13(20)8-15(9-14)23-28(3,25)26/h4-10,23H,1-3H3,(H,22,24). The molecule has 1 amide bonds. The topological polar surface area (TPSA) is 88.2 Å². The van der Waals surface area contributed by atoms with E-state index in [2.05, 4.69) is 15.0 Å². The van der Waals surface area contributed by atoms with Crippen LogP contribution in [0.25, 0.3) is 11.3 Å². The van der Waals surface area contributed by atoms with Gasteiger partial charge in [0.15, 0.2) is 0 Å². The number of sulfonamides is 1. The fourth-order valence-electron chi connectivity index (χ4n) is 2.76. The number of thiophene rings is 1. The average molecular weight is 436 g/mol. The minimum atomic E-state index is -3.46. The number of hydrogen-bond acceptors (Lipinski definition) is 5. The van der Waals surface area contributed by atoms with Gasteiger partial charge < -0.3 is 5.32 Å². The second-order valence-electron chi connectivity index (χ2n) is 6.33. The number of amides is 1. The van der Waals surface area contributed by atoms with Gasteiger partial charge in [-0.15, -0.1) is 11.3 Å². The number of rotatable bonds is 5. The van der Waals surface area contributed by atoms with Gasteiger partial charge in [0.2, 0.25) is 10.0 Å². The molecule has 2 N–H and O–H groups in total. The maximum absolute atomic E-state index is 12.8. The Bertz CT molecular complexity index is 1160. The lowest BCUT2D eigenvalue weighted by molar-refractivity contribution is 0.103. The van der Waals surface area contributed by atoms with Gasteiger partial charge in [0.05, 0.1) is 22.5 Å². The van der Waals surface area contributed by atoms with Crippen molar-refractivity contribution in [1.82, 2.24) is 4.98 Å². The minimum Gasteiger partial charge on any atom is -0.321 e. The summed E-state index contributed by atoms with van der Waals surface area (Å²) in [5.74, 6) is -0.296. The van der Waals surface area contributed by atoms with E-state index in [1.165, 1.54) is 23.5 Å². The number of benzene rings is 1. The predicted molar refractivity (Wildman–Crippen MR) is 115 cm³/mol. The summed E-state index contributed by atoms with van der Waals surface area (Å²) in [6, 6.07) is 8.38. The molecule has 6 nitrogen and oxygen atoms in total. The van der Waals surface area contributed by atoms with E-state index in [1.54, 1.807) is 12.3 Å². The fourth-order valence-corrected chi connectivity index (χ4v) is 4.51. The largest absolute Gasteiger partial charge is 0.321 e. The molecule has 0 atom stereocenters. The van der Waals surface area contributed by atoms with E-state index in [1.807, 2.05) is 31.4 Å². The highest BCUT2D eigenvalue weighted by Crippen LogP contribution is 2.32. The molecule has 0 saturated heterocycles. The number of hydrogen-bond donors (Lipinski definition) is 2. The lowest BCUT2D eigenvalue weighted by Gasteiger charge is -2.10. The van der Waals surface area contributed by atoms with Gasteiger partial charge in [0.1, 0.15) is 0 Å². The smallest absolute Gasteiger partial charge is 0.266 e. The molecule has 146 valence electrons. The summed E-state index contributed by atoms with van der Waals surface area (Å²) in [5.41, 5.74) is 4.30. The summed E-state index contributed by atoms with van der Waals surface area (Å²) in [6.45, 7) is 3.85. The molecular formula is C19H18ClN3O3S2. The molecule has 0 fully saturated rings. The van der Waals surface area contributed by atoms with E-state index in [0.717, 1.165) is 28.6 Å². The molecule has 0 saturated carbocycles. The first-order valence-electron chi connectivity index (χ1n) is 8.24. The van der Waals surface area contributed by atoms with Crippen molar-refractivity contribution in [3.63, 3.8) is 0 Å². The van der Waals surface area contributed by atoms with Crippen LogP contribution in [0.2, 0.25) is 5.02 Å². The maximum Gasteiger partial charge on any atom is 0.266 e. The van der Waals surface area contributed by atoms with Crippen LogP contribution in [0, 0.1) is 13.8 Å². The van der Waals surface area contributed by atoms with Gasteiger partial charge in [-0.3, -0.25) is 14.5 Å². The number of nitrogens with zero attached hydrogens (tertiary/aromatic N) is 1. The zero-order valence-corrected chi connectivity index (χ0v) is 17.8. The molecule has 0 aliphatic carbocycles. The Balaban J connectivity index is 1.88. The molecule has 3 rings (SSSR count). The Kier molecular flexibility index (Phi) is 5.74. The Morgan fingerprint density at radius 2 is 1.89 bits per heavy atom. The van der Waals surface area contributed by atoms with Gasteiger partial charge in [0, 0.05) is 27.9 Å². The van der Waals surface area contributed by atoms with Crippen LogP contribution in [0.4, 0.5) is 11.4 Å². The Morgan fingerprint density at radius 1 is 1.18 bits per heavy atom. The van der Waals surface area contributed by atoms with Gasteiger partial charge in [-0.25, -0.2) is 8.42 Å².